The van der Waals surface area contributed by atoms with Crippen molar-refractivity contribution < 1.29 is 19.8 Å². The summed E-state index contributed by atoms with van der Waals surface area (Å²) in [7, 11) is 0. The zero-order valence-corrected chi connectivity index (χ0v) is 16.0. The molecular weight excluding hydrogens is 403 g/mol. The highest BCUT2D eigenvalue weighted by atomic mass is 35.5. The molecule has 2 aromatic carbocycles. The summed E-state index contributed by atoms with van der Waals surface area (Å²) in [5.41, 5.74) is 2.09. The number of halogens is 2. The average molecular weight is 419 g/mol. The first kappa shape index (κ1) is 19.8. The minimum absolute atomic E-state index is 0.0600. The van der Waals surface area contributed by atoms with Gasteiger partial charge in [0.1, 0.15) is 0 Å². The molecule has 0 amide bonds. The van der Waals surface area contributed by atoms with Crippen LogP contribution in [0.25, 0.3) is 0 Å². The Balaban J connectivity index is 1.91. The van der Waals surface area contributed by atoms with Crippen LogP contribution in [0.2, 0.25) is 10.0 Å². The molecule has 8 heteroatoms. The van der Waals surface area contributed by atoms with E-state index in [-0.39, 0.29) is 24.0 Å². The van der Waals surface area contributed by atoms with E-state index in [4.69, 9.17) is 23.2 Å². The largest absolute Gasteiger partial charge is 0.478 e. The van der Waals surface area contributed by atoms with E-state index >= 15 is 0 Å². The van der Waals surface area contributed by atoms with Crippen molar-refractivity contribution in [2.45, 2.75) is 12.8 Å². The van der Waals surface area contributed by atoms with Gasteiger partial charge in [0.25, 0.3) is 0 Å². The fourth-order valence-corrected chi connectivity index (χ4v) is 3.10. The molecule has 0 aromatic heterocycles. The lowest BCUT2D eigenvalue weighted by Crippen LogP contribution is -2.23. The summed E-state index contributed by atoms with van der Waals surface area (Å²) in [5, 5.41) is 26.4. The molecule has 0 unspecified atom stereocenters. The number of rotatable bonds is 6. The first-order valence-electron chi connectivity index (χ1n) is 8.29. The summed E-state index contributed by atoms with van der Waals surface area (Å²) < 4.78 is 0. The molecule has 6 nitrogen and oxygen atoms in total. The third-order valence-electron chi connectivity index (χ3n) is 4.23. The normalized spacial score (nSPS) is 14.1. The van der Waals surface area contributed by atoms with E-state index < -0.39 is 11.9 Å². The highest BCUT2D eigenvalue weighted by Crippen LogP contribution is 2.32. The predicted octanol–water partition coefficient (Wildman–Crippen LogP) is 4.99. The Kier molecular flexibility index (Phi) is 5.92. The molecule has 0 atom stereocenters. The zero-order chi connectivity index (χ0) is 20.3. The zero-order valence-electron chi connectivity index (χ0n) is 14.5. The van der Waals surface area contributed by atoms with Crippen molar-refractivity contribution in [3.05, 3.63) is 81.1 Å². The SMILES string of the molecule is O=C(O)C1=C(Nc2ccc(Cl)cc2)CC(C(=O)O)=C(Nc2ccc(Cl)cc2)C1. The first-order chi connectivity index (χ1) is 13.3. The summed E-state index contributed by atoms with van der Waals surface area (Å²) in [6.45, 7) is 0. The van der Waals surface area contributed by atoms with Gasteiger partial charge in [-0.2, -0.15) is 0 Å². The highest BCUT2D eigenvalue weighted by molar-refractivity contribution is 6.30. The van der Waals surface area contributed by atoms with E-state index in [1.807, 2.05) is 0 Å². The second-order valence-electron chi connectivity index (χ2n) is 6.14. The van der Waals surface area contributed by atoms with Gasteiger partial charge in [0.05, 0.1) is 11.1 Å². The number of carbonyl (C=O) groups is 2. The molecule has 0 spiro atoms. The number of allylic oxidation sites excluding steroid dienone is 2. The summed E-state index contributed by atoms with van der Waals surface area (Å²) in [5.74, 6) is -2.23. The predicted molar refractivity (Wildman–Crippen MR) is 109 cm³/mol. The van der Waals surface area contributed by atoms with Crippen molar-refractivity contribution in [2.75, 3.05) is 10.6 Å². The van der Waals surface area contributed by atoms with Gasteiger partial charge in [-0.05, 0) is 48.5 Å². The quantitative estimate of drug-likeness (QED) is 0.527. The molecule has 2 aromatic rings. The van der Waals surface area contributed by atoms with Gasteiger partial charge in [-0.1, -0.05) is 23.2 Å². The molecule has 0 saturated carbocycles. The molecule has 0 bridgehead atoms. The number of anilines is 2. The Hall–Kier alpha value is -2.96. The minimum atomic E-state index is -1.11. The van der Waals surface area contributed by atoms with Crippen LogP contribution in [0.5, 0.6) is 0 Å². The van der Waals surface area contributed by atoms with Gasteiger partial charge in [-0.3, -0.25) is 0 Å². The van der Waals surface area contributed by atoms with Crippen LogP contribution >= 0.6 is 23.2 Å². The molecule has 4 N–H and O–H groups in total. The van der Waals surface area contributed by atoms with Gasteiger partial charge in [0, 0.05) is 45.7 Å². The maximum Gasteiger partial charge on any atom is 0.333 e. The molecule has 0 saturated heterocycles. The lowest BCUT2D eigenvalue weighted by Gasteiger charge is -2.24. The number of hydrogen-bond donors (Lipinski definition) is 4. The van der Waals surface area contributed by atoms with Crippen molar-refractivity contribution in [3.8, 4) is 0 Å². The molecular formula is C20H16Cl2N2O4. The van der Waals surface area contributed by atoms with E-state index in [9.17, 15) is 19.8 Å². The van der Waals surface area contributed by atoms with E-state index in [1.54, 1.807) is 48.5 Å². The van der Waals surface area contributed by atoms with E-state index in [1.165, 1.54) is 0 Å². The maximum absolute atomic E-state index is 11.8. The van der Waals surface area contributed by atoms with Crippen molar-refractivity contribution in [1.29, 1.82) is 0 Å². The van der Waals surface area contributed by atoms with Gasteiger partial charge in [-0.25, -0.2) is 9.59 Å². The van der Waals surface area contributed by atoms with Gasteiger partial charge >= 0.3 is 11.9 Å². The standard InChI is InChI=1S/C20H16Cl2N2O4/c21-11-1-5-13(6-2-11)23-17-9-16(20(27)28)18(10-15(17)19(25)26)24-14-7-3-12(22)4-8-14/h1-8,23-24H,9-10H2,(H,25,26)(H,27,28). The fraction of sp³-hybridized carbons (Fsp3) is 0.100. The molecule has 3 rings (SSSR count). The third kappa shape index (κ3) is 4.65. The van der Waals surface area contributed by atoms with E-state index in [0.717, 1.165) is 0 Å². The second kappa shape index (κ2) is 8.37. The number of hydrogen-bond acceptors (Lipinski definition) is 4. The number of nitrogens with one attached hydrogen (secondary N) is 2. The van der Waals surface area contributed by atoms with Gasteiger partial charge < -0.3 is 20.8 Å². The smallest absolute Gasteiger partial charge is 0.333 e. The average Bonchev–Trinajstić information content (AvgIpc) is 2.66. The van der Waals surface area contributed by atoms with Crippen LogP contribution in [0.4, 0.5) is 11.4 Å². The maximum atomic E-state index is 11.8. The Bertz CT molecular complexity index is 899. The number of carboxylic acids is 2. The van der Waals surface area contributed by atoms with Crippen LogP contribution < -0.4 is 10.6 Å². The fourth-order valence-electron chi connectivity index (χ4n) is 2.84. The Labute approximate surface area is 171 Å². The number of aliphatic carboxylic acids is 2. The van der Waals surface area contributed by atoms with Crippen LogP contribution in [-0.4, -0.2) is 22.2 Å². The van der Waals surface area contributed by atoms with Crippen LogP contribution in [0.15, 0.2) is 71.1 Å². The van der Waals surface area contributed by atoms with Gasteiger partial charge in [0.2, 0.25) is 0 Å². The molecule has 0 fully saturated rings. The molecule has 28 heavy (non-hydrogen) atoms. The monoisotopic (exact) mass is 418 g/mol. The molecule has 144 valence electrons. The van der Waals surface area contributed by atoms with Crippen molar-refractivity contribution >= 4 is 46.5 Å². The van der Waals surface area contributed by atoms with E-state index in [0.29, 0.717) is 32.8 Å². The topological polar surface area (TPSA) is 98.7 Å². The van der Waals surface area contributed by atoms with Crippen molar-refractivity contribution in [1.82, 2.24) is 0 Å². The highest BCUT2D eigenvalue weighted by Gasteiger charge is 2.28. The third-order valence-corrected chi connectivity index (χ3v) is 4.73. The number of benzene rings is 2. The minimum Gasteiger partial charge on any atom is -0.478 e. The van der Waals surface area contributed by atoms with Crippen LogP contribution in [0.1, 0.15) is 12.8 Å². The molecule has 0 heterocycles. The van der Waals surface area contributed by atoms with Gasteiger partial charge in [-0.15, -0.1) is 0 Å². The summed E-state index contributed by atoms with van der Waals surface area (Å²) in [6, 6.07) is 13.4. The van der Waals surface area contributed by atoms with Gasteiger partial charge in [0.15, 0.2) is 0 Å². The summed E-state index contributed by atoms with van der Waals surface area (Å²) in [4.78, 5) is 23.6. The van der Waals surface area contributed by atoms with Crippen molar-refractivity contribution in [2.24, 2.45) is 0 Å². The molecule has 1 aliphatic rings. The summed E-state index contributed by atoms with van der Waals surface area (Å²) >= 11 is 11.7. The molecule has 1 aliphatic carbocycles. The molecule has 0 aliphatic heterocycles. The molecule has 0 radical (unpaired) electrons. The Morgan fingerprint density at radius 2 is 1.00 bits per heavy atom. The van der Waals surface area contributed by atoms with E-state index in [2.05, 4.69) is 10.6 Å². The lowest BCUT2D eigenvalue weighted by atomic mass is 9.92. The van der Waals surface area contributed by atoms with Crippen LogP contribution in [-0.2, 0) is 9.59 Å². The van der Waals surface area contributed by atoms with Crippen molar-refractivity contribution in [3.63, 3.8) is 0 Å². The summed E-state index contributed by atoms with van der Waals surface area (Å²) in [6.07, 6.45) is -0.120. The Morgan fingerprint density at radius 3 is 1.29 bits per heavy atom. The second-order valence-corrected chi connectivity index (χ2v) is 7.01. The Morgan fingerprint density at radius 1 is 0.679 bits per heavy atom. The van der Waals surface area contributed by atoms with Crippen LogP contribution in [0, 0.1) is 0 Å². The van der Waals surface area contributed by atoms with Crippen LogP contribution in [0.3, 0.4) is 0 Å². The number of carboxylic acid groups (broad SMARTS) is 2. The first-order valence-corrected chi connectivity index (χ1v) is 9.05. The lowest BCUT2D eigenvalue weighted by molar-refractivity contribution is -0.134.